The summed E-state index contributed by atoms with van der Waals surface area (Å²) in [5.74, 6) is 5.59. The lowest BCUT2D eigenvalue weighted by Crippen LogP contribution is -2.46. The molecular formula is C11H18N6O3. The van der Waals surface area contributed by atoms with E-state index >= 15 is 0 Å². The Morgan fingerprint density at radius 1 is 1.55 bits per heavy atom. The smallest absolute Gasteiger partial charge is 0.332 e. The van der Waals surface area contributed by atoms with Crippen molar-refractivity contribution in [2.45, 2.75) is 32.3 Å². The van der Waals surface area contributed by atoms with E-state index in [2.05, 4.69) is 15.4 Å². The minimum atomic E-state index is -0.888. The number of β-amino-alcohol motifs (C(OH)–C–C–N with tert-alkyl or cyclic N) is 1. The molecule has 0 radical (unpaired) electrons. The number of hydrogen-bond acceptors (Lipinski definition) is 8. The lowest BCUT2D eigenvalue weighted by Gasteiger charge is -2.37. The van der Waals surface area contributed by atoms with Gasteiger partial charge in [-0.1, -0.05) is 0 Å². The van der Waals surface area contributed by atoms with Gasteiger partial charge >= 0.3 is 5.69 Å². The van der Waals surface area contributed by atoms with Crippen LogP contribution < -0.4 is 16.2 Å². The van der Waals surface area contributed by atoms with Crippen molar-refractivity contribution in [3.8, 4) is 0 Å². The highest BCUT2D eigenvalue weighted by atomic mass is 16.6. The summed E-state index contributed by atoms with van der Waals surface area (Å²) < 4.78 is 0. The summed E-state index contributed by atoms with van der Waals surface area (Å²) in [5.41, 5.74) is 1.50. The molecular weight excluding hydrogens is 264 g/mol. The van der Waals surface area contributed by atoms with E-state index in [0.29, 0.717) is 13.0 Å². The molecule has 9 nitrogen and oxygen atoms in total. The largest absolute Gasteiger partial charge is 0.388 e. The van der Waals surface area contributed by atoms with Crippen LogP contribution in [0, 0.1) is 17.0 Å². The number of rotatable bonds is 3. The summed E-state index contributed by atoms with van der Waals surface area (Å²) >= 11 is 0. The van der Waals surface area contributed by atoms with Gasteiger partial charge in [0.05, 0.1) is 10.5 Å². The van der Waals surface area contributed by atoms with E-state index in [-0.39, 0.29) is 29.7 Å². The molecule has 1 saturated heterocycles. The van der Waals surface area contributed by atoms with Crippen molar-refractivity contribution in [3.63, 3.8) is 0 Å². The molecule has 110 valence electrons. The Bertz CT molecular complexity index is 533. The first-order chi connectivity index (χ1) is 9.34. The molecule has 20 heavy (non-hydrogen) atoms. The van der Waals surface area contributed by atoms with Gasteiger partial charge in [-0.15, -0.1) is 0 Å². The van der Waals surface area contributed by atoms with Crippen molar-refractivity contribution in [2.75, 3.05) is 23.4 Å². The number of hydrogen-bond donors (Lipinski definition) is 3. The Hall–Kier alpha value is -2.00. The van der Waals surface area contributed by atoms with E-state index in [1.165, 1.54) is 6.92 Å². The molecule has 4 N–H and O–H groups in total. The summed E-state index contributed by atoms with van der Waals surface area (Å²) in [5, 5.41) is 21.4. The number of aliphatic hydroxyl groups is 1. The van der Waals surface area contributed by atoms with E-state index in [1.807, 2.05) is 0 Å². The molecule has 1 aromatic heterocycles. The average Bonchev–Trinajstić information content (AvgIpc) is 2.35. The van der Waals surface area contributed by atoms with Gasteiger partial charge in [-0.05, 0) is 26.7 Å². The van der Waals surface area contributed by atoms with Gasteiger partial charge in [-0.2, -0.15) is 4.98 Å². The summed E-state index contributed by atoms with van der Waals surface area (Å²) in [4.78, 5) is 20.4. The second-order valence-electron chi connectivity index (χ2n) is 5.23. The van der Waals surface area contributed by atoms with Gasteiger partial charge in [0, 0.05) is 13.1 Å². The van der Waals surface area contributed by atoms with E-state index in [4.69, 9.17) is 5.84 Å². The topological polar surface area (TPSA) is 130 Å². The number of nitrogens with zero attached hydrogens (tertiary/aromatic N) is 4. The first kappa shape index (κ1) is 14.4. The molecule has 1 atom stereocenters. The Morgan fingerprint density at radius 3 is 2.80 bits per heavy atom. The molecule has 0 bridgehead atoms. The number of nitro groups is 1. The Kier molecular flexibility index (Phi) is 3.73. The van der Waals surface area contributed by atoms with Gasteiger partial charge in [-0.25, -0.2) is 10.8 Å². The summed E-state index contributed by atoms with van der Waals surface area (Å²) in [6.07, 6.45) is 1.39. The summed E-state index contributed by atoms with van der Waals surface area (Å²) in [6, 6.07) is 0. The first-order valence-electron chi connectivity index (χ1n) is 6.31. The van der Waals surface area contributed by atoms with Gasteiger partial charge < -0.3 is 10.0 Å². The molecule has 1 aromatic rings. The molecule has 2 rings (SSSR count). The van der Waals surface area contributed by atoms with Crippen LogP contribution >= 0.6 is 0 Å². The van der Waals surface area contributed by atoms with Gasteiger partial charge in [-0.3, -0.25) is 15.5 Å². The second kappa shape index (κ2) is 5.17. The fourth-order valence-corrected chi connectivity index (χ4v) is 2.45. The summed E-state index contributed by atoms with van der Waals surface area (Å²) in [7, 11) is 0. The molecule has 0 aromatic carbocycles. The van der Waals surface area contributed by atoms with Gasteiger partial charge in [0.15, 0.2) is 0 Å². The predicted octanol–water partition coefficient (Wildman–Crippen LogP) is 0.330. The Morgan fingerprint density at radius 2 is 2.25 bits per heavy atom. The number of nitrogens with two attached hydrogens (primary N) is 1. The highest BCUT2D eigenvalue weighted by Crippen LogP contribution is 2.33. The number of nitrogens with one attached hydrogen (secondary N) is 1. The normalized spacial score (nSPS) is 22.7. The van der Waals surface area contributed by atoms with E-state index < -0.39 is 10.5 Å². The zero-order valence-corrected chi connectivity index (χ0v) is 11.5. The number of piperidine rings is 1. The van der Waals surface area contributed by atoms with Crippen molar-refractivity contribution >= 4 is 17.5 Å². The highest BCUT2D eigenvalue weighted by Gasteiger charge is 2.34. The third-order valence-corrected chi connectivity index (χ3v) is 3.33. The SMILES string of the molecule is Cc1nc(NN)nc(N2CCCC(C)(O)C2)c1[N+](=O)[O-]. The molecule has 2 heterocycles. The lowest BCUT2D eigenvalue weighted by atomic mass is 9.95. The molecule has 1 unspecified atom stereocenters. The molecule has 0 amide bonds. The van der Waals surface area contributed by atoms with Crippen LogP contribution in [0.5, 0.6) is 0 Å². The fourth-order valence-electron chi connectivity index (χ4n) is 2.45. The van der Waals surface area contributed by atoms with Crippen LogP contribution in [-0.2, 0) is 0 Å². The van der Waals surface area contributed by atoms with Crippen LogP contribution in [-0.4, -0.2) is 38.7 Å². The van der Waals surface area contributed by atoms with Gasteiger partial charge in [0.25, 0.3) is 0 Å². The van der Waals surface area contributed by atoms with Crippen LogP contribution in [0.4, 0.5) is 17.5 Å². The molecule has 1 aliphatic heterocycles. The molecule has 0 aliphatic carbocycles. The highest BCUT2D eigenvalue weighted by molar-refractivity contribution is 5.62. The van der Waals surface area contributed by atoms with Crippen molar-refractivity contribution < 1.29 is 10.0 Å². The van der Waals surface area contributed by atoms with Crippen LogP contribution in [0.1, 0.15) is 25.5 Å². The van der Waals surface area contributed by atoms with E-state index in [0.717, 1.165) is 6.42 Å². The van der Waals surface area contributed by atoms with E-state index in [1.54, 1.807) is 11.8 Å². The molecule has 9 heteroatoms. The molecule has 1 aliphatic rings. The van der Waals surface area contributed by atoms with Crippen molar-refractivity contribution in [2.24, 2.45) is 5.84 Å². The quantitative estimate of drug-likeness (QED) is 0.410. The molecule has 0 saturated carbocycles. The number of aromatic nitrogens is 2. The van der Waals surface area contributed by atoms with Crippen LogP contribution in [0.2, 0.25) is 0 Å². The van der Waals surface area contributed by atoms with Crippen LogP contribution in [0.15, 0.2) is 0 Å². The van der Waals surface area contributed by atoms with Crippen molar-refractivity contribution in [3.05, 3.63) is 15.8 Å². The maximum absolute atomic E-state index is 11.2. The second-order valence-corrected chi connectivity index (χ2v) is 5.23. The maximum Gasteiger partial charge on any atom is 0.332 e. The summed E-state index contributed by atoms with van der Waals surface area (Å²) in [6.45, 7) is 4.12. The minimum absolute atomic E-state index is 0.119. The predicted molar refractivity (Wildman–Crippen MR) is 73.3 cm³/mol. The lowest BCUT2D eigenvalue weighted by molar-refractivity contribution is -0.385. The fraction of sp³-hybridized carbons (Fsp3) is 0.636. The average molecular weight is 282 g/mol. The van der Waals surface area contributed by atoms with Crippen molar-refractivity contribution in [1.29, 1.82) is 0 Å². The number of nitrogen functional groups attached to an aromatic ring is 1. The monoisotopic (exact) mass is 282 g/mol. The minimum Gasteiger partial charge on any atom is -0.388 e. The van der Waals surface area contributed by atoms with E-state index in [9.17, 15) is 15.2 Å². The zero-order valence-electron chi connectivity index (χ0n) is 11.5. The number of anilines is 2. The third-order valence-electron chi connectivity index (χ3n) is 3.33. The Balaban J connectivity index is 2.48. The van der Waals surface area contributed by atoms with Gasteiger partial charge in [0.1, 0.15) is 5.69 Å². The first-order valence-corrected chi connectivity index (χ1v) is 6.31. The van der Waals surface area contributed by atoms with Gasteiger partial charge in [0.2, 0.25) is 11.8 Å². The maximum atomic E-state index is 11.2. The standard InChI is InChI=1S/C11H18N6O3/c1-7-8(17(19)20)9(14-10(13-7)15-12)16-5-3-4-11(2,18)6-16/h18H,3-6,12H2,1-2H3,(H,13,14,15). The van der Waals surface area contributed by atoms with Crippen LogP contribution in [0.3, 0.4) is 0 Å². The molecule has 0 spiro atoms. The Labute approximate surface area is 115 Å². The number of aryl methyl sites for hydroxylation is 1. The zero-order chi connectivity index (χ0) is 14.9. The van der Waals surface area contributed by atoms with Crippen molar-refractivity contribution in [1.82, 2.24) is 9.97 Å². The number of hydrazine groups is 1. The van der Waals surface area contributed by atoms with Crippen LogP contribution in [0.25, 0.3) is 0 Å². The third kappa shape index (κ3) is 2.78. The molecule has 1 fully saturated rings.